The summed E-state index contributed by atoms with van der Waals surface area (Å²) in [6, 6.07) is 1.42. The van der Waals surface area contributed by atoms with Gasteiger partial charge in [0.25, 0.3) is 0 Å². The zero-order valence-corrected chi connectivity index (χ0v) is 13.8. The Balaban J connectivity index is 2.00. The molecule has 0 radical (unpaired) electrons. The molecule has 0 saturated heterocycles. The van der Waals surface area contributed by atoms with E-state index >= 15 is 0 Å². The highest BCUT2D eigenvalue weighted by atomic mass is 79.9. The average Bonchev–Trinajstić information content (AvgIpc) is 2.88. The van der Waals surface area contributed by atoms with Gasteiger partial charge in [0.1, 0.15) is 16.4 Å². The molecule has 0 aliphatic carbocycles. The first kappa shape index (κ1) is 14.9. The van der Waals surface area contributed by atoms with Crippen molar-refractivity contribution in [3.05, 3.63) is 27.0 Å². The molecule has 6 nitrogen and oxygen atoms in total. The van der Waals surface area contributed by atoms with Crippen LogP contribution in [-0.4, -0.2) is 29.7 Å². The predicted molar refractivity (Wildman–Crippen MR) is 76.9 cm³/mol. The molecule has 2 heterocycles. The van der Waals surface area contributed by atoms with Crippen molar-refractivity contribution in [3.8, 4) is 0 Å². The van der Waals surface area contributed by atoms with Crippen molar-refractivity contribution in [2.75, 3.05) is 6.54 Å². The molecule has 10 heteroatoms. The lowest BCUT2D eigenvalue weighted by Crippen LogP contribution is -2.26. The Bertz CT molecular complexity index is 663. The number of nitrogens with zero attached hydrogens (tertiary/aromatic N) is 3. The third-order valence-electron chi connectivity index (χ3n) is 2.33. The molecule has 0 fully saturated rings. The Morgan fingerprint density at radius 1 is 1.58 bits per heavy atom. The van der Waals surface area contributed by atoms with Crippen LogP contribution < -0.4 is 4.72 Å². The summed E-state index contributed by atoms with van der Waals surface area (Å²) < 4.78 is 29.0. The molecule has 0 aliphatic rings. The van der Waals surface area contributed by atoms with Crippen LogP contribution in [0.5, 0.6) is 0 Å². The van der Waals surface area contributed by atoms with E-state index in [1.807, 2.05) is 0 Å². The second-order valence-electron chi connectivity index (χ2n) is 3.69. The summed E-state index contributed by atoms with van der Waals surface area (Å²) in [4.78, 5) is 0. The third kappa shape index (κ3) is 3.54. The minimum atomic E-state index is -3.53. The Morgan fingerprint density at radius 2 is 2.32 bits per heavy atom. The predicted octanol–water partition coefficient (Wildman–Crippen LogP) is 1.81. The third-order valence-corrected chi connectivity index (χ3v) is 6.74. The molecule has 104 valence electrons. The smallest absolute Gasteiger partial charge is 0.250 e. The fraction of sp³-hybridized carbons (Fsp3) is 0.333. The fourth-order valence-corrected chi connectivity index (χ4v) is 4.84. The van der Waals surface area contributed by atoms with Crippen LogP contribution in [-0.2, 0) is 23.5 Å². The number of aryl methyl sites for hydroxylation is 1. The Labute approximate surface area is 128 Å². The molecule has 1 N–H and O–H groups in total. The van der Waals surface area contributed by atoms with E-state index in [-0.39, 0.29) is 10.8 Å². The summed E-state index contributed by atoms with van der Waals surface area (Å²) in [5, 5.41) is 7.99. The summed E-state index contributed by atoms with van der Waals surface area (Å²) in [5.74, 6) is 0.716. The summed E-state index contributed by atoms with van der Waals surface area (Å²) in [6.45, 7) is 0.252. The van der Waals surface area contributed by atoms with Crippen LogP contribution in [0.15, 0.2) is 20.4 Å². The highest BCUT2D eigenvalue weighted by Gasteiger charge is 2.18. The quantitative estimate of drug-likeness (QED) is 0.851. The minimum absolute atomic E-state index is 0.183. The van der Waals surface area contributed by atoms with E-state index in [4.69, 9.17) is 11.6 Å². The number of halogens is 2. The van der Waals surface area contributed by atoms with Gasteiger partial charge in [0.2, 0.25) is 10.0 Å². The van der Waals surface area contributed by atoms with Crippen LogP contribution in [0.25, 0.3) is 0 Å². The summed E-state index contributed by atoms with van der Waals surface area (Å²) in [6.07, 6.45) is 2.04. The number of hydrogen-bond donors (Lipinski definition) is 1. The zero-order valence-electron chi connectivity index (χ0n) is 9.80. The minimum Gasteiger partial charge on any atom is -0.321 e. The van der Waals surface area contributed by atoms with Crippen molar-refractivity contribution >= 4 is 48.9 Å². The highest BCUT2D eigenvalue weighted by Crippen LogP contribution is 2.34. The van der Waals surface area contributed by atoms with Crippen LogP contribution in [0.3, 0.4) is 0 Å². The number of thiophene rings is 1. The van der Waals surface area contributed by atoms with Crippen molar-refractivity contribution in [2.45, 2.75) is 10.6 Å². The fourth-order valence-electron chi connectivity index (χ4n) is 1.36. The molecular formula is C9H10BrClN4O2S2. The monoisotopic (exact) mass is 384 g/mol. The van der Waals surface area contributed by atoms with Crippen molar-refractivity contribution in [1.29, 1.82) is 0 Å². The number of aromatic nitrogens is 3. The van der Waals surface area contributed by atoms with Gasteiger partial charge in [0, 0.05) is 20.0 Å². The highest BCUT2D eigenvalue weighted by molar-refractivity contribution is 9.11. The number of sulfonamides is 1. The average molecular weight is 386 g/mol. The van der Waals surface area contributed by atoms with Crippen LogP contribution in [0.2, 0.25) is 5.02 Å². The second-order valence-corrected chi connectivity index (χ2v) is 8.46. The lowest BCUT2D eigenvalue weighted by Gasteiger charge is -2.04. The van der Waals surface area contributed by atoms with Crippen LogP contribution in [0.1, 0.15) is 5.82 Å². The van der Waals surface area contributed by atoms with Gasteiger partial charge in [-0.2, -0.15) is 0 Å². The molecule has 0 spiro atoms. The molecule has 0 atom stereocenters. The molecule has 2 aromatic rings. The van der Waals surface area contributed by atoms with Crippen molar-refractivity contribution in [3.63, 3.8) is 0 Å². The van der Waals surface area contributed by atoms with Crippen LogP contribution in [0, 0.1) is 0 Å². The molecule has 0 saturated carbocycles. The maximum absolute atomic E-state index is 12.0. The summed E-state index contributed by atoms with van der Waals surface area (Å²) in [5.41, 5.74) is 0. The molecular weight excluding hydrogens is 376 g/mol. The first-order valence-electron chi connectivity index (χ1n) is 5.17. The van der Waals surface area contributed by atoms with E-state index in [9.17, 15) is 8.42 Å². The molecule has 19 heavy (non-hydrogen) atoms. The molecule has 0 unspecified atom stereocenters. The molecule has 0 amide bonds. The van der Waals surface area contributed by atoms with Gasteiger partial charge in [-0.3, -0.25) is 0 Å². The van der Waals surface area contributed by atoms with Gasteiger partial charge in [0.15, 0.2) is 0 Å². The summed E-state index contributed by atoms with van der Waals surface area (Å²) >= 11 is 10.1. The maximum atomic E-state index is 12.0. The van der Waals surface area contributed by atoms with Gasteiger partial charge in [-0.15, -0.1) is 21.5 Å². The van der Waals surface area contributed by atoms with Gasteiger partial charge in [-0.05, 0) is 22.0 Å². The molecule has 0 aliphatic heterocycles. The van der Waals surface area contributed by atoms with Gasteiger partial charge in [0.05, 0.1) is 8.81 Å². The van der Waals surface area contributed by atoms with E-state index in [0.29, 0.717) is 21.1 Å². The molecule has 2 rings (SSSR count). The Kier molecular flexibility index (Phi) is 4.62. The van der Waals surface area contributed by atoms with E-state index in [1.54, 1.807) is 17.9 Å². The maximum Gasteiger partial charge on any atom is 0.250 e. The van der Waals surface area contributed by atoms with Gasteiger partial charge in [-0.25, -0.2) is 13.1 Å². The van der Waals surface area contributed by atoms with Gasteiger partial charge < -0.3 is 4.57 Å². The normalized spacial score (nSPS) is 11.9. The largest absolute Gasteiger partial charge is 0.321 e. The topological polar surface area (TPSA) is 76.9 Å². The molecule has 2 aromatic heterocycles. The van der Waals surface area contributed by atoms with Gasteiger partial charge >= 0.3 is 0 Å². The first-order chi connectivity index (χ1) is 8.90. The van der Waals surface area contributed by atoms with Crippen LogP contribution in [0.4, 0.5) is 0 Å². The van der Waals surface area contributed by atoms with E-state index in [1.165, 1.54) is 6.07 Å². The van der Waals surface area contributed by atoms with Crippen molar-refractivity contribution in [1.82, 2.24) is 19.5 Å². The number of rotatable bonds is 5. The molecule has 0 bridgehead atoms. The van der Waals surface area contributed by atoms with Gasteiger partial charge in [-0.1, -0.05) is 11.6 Å². The molecule has 0 aromatic carbocycles. The van der Waals surface area contributed by atoms with Crippen LogP contribution >= 0.6 is 38.9 Å². The SMILES string of the molecule is Cn1cnnc1CCNS(=O)(=O)c1cc(Cl)c(Br)s1. The van der Waals surface area contributed by atoms with E-state index in [2.05, 4.69) is 30.8 Å². The van der Waals surface area contributed by atoms with Crippen molar-refractivity contribution in [2.24, 2.45) is 7.05 Å². The zero-order chi connectivity index (χ0) is 14.0. The second kappa shape index (κ2) is 5.88. The van der Waals surface area contributed by atoms with E-state index in [0.717, 1.165) is 11.3 Å². The lowest BCUT2D eigenvalue weighted by atomic mass is 10.4. The standard InChI is InChI=1S/C9H10BrClN4O2S2/c1-15-5-12-14-7(15)2-3-13-19(16,17)8-4-6(11)9(10)18-8/h4-5,13H,2-3H2,1H3. The Hall–Kier alpha value is -0.480. The van der Waals surface area contributed by atoms with Crippen molar-refractivity contribution < 1.29 is 8.42 Å². The lowest BCUT2D eigenvalue weighted by molar-refractivity contribution is 0.582. The number of hydrogen-bond acceptors (Lipinski definition) is 5. The van der Waals surface area contributed by atoms with E-state index < -0.39 is 10.0 Å². The summed E-state index contributed by atoms with van der Waals surface area (Å²) in [7, 11) is -1.73. The Morgan fingerprint density at radius 3 is 2.84 bits per heavy atom. The number of nitrogens with one attached hydrogen (secondary N) is 1. The first-order valence-corrected chi connectivity index (χ1v) is 8.64.